The predicted octanol–water partition coefficient (Wildman–Crippen LogP) is 6.54. The Balaban J connectivity index is 1.48. The van der Waals surface area contributed by atoms with Crippen molar-refractivity contribution >= 4 is 36.3 Å². The first-order chi connectivity index (χ1) is 19.0. The summed E-state index contributed by atoms with van der Waals surface area (Å²) in [7, 11) is -0.831. The molecule has 3 aromatic rings. The Kier molecular flexibility index (Phi) is 6.38. The van der Waals surface area contributed by atoms with Gasteiger partial charge in [-0.05, 0) is 99.7 Å². The first-order valence-corrected chi connectivity index (χ1v) is 14.8. The van der Waals surface area contributed by atoms with E-state index in [1.807, 2.05) is 0 Å². The third kappa shape index (κ3) is 4.46. The lowest BCUT2D eigenvalue weighted by Gasteiger charge is -2.32. The van der Waals surface area contributed by atoms with Crippen LogP contribution in [0.25, 0.3) is 11.1 Å². The summed E-state index contributed by atoms with van der Waals surface area (Å²) in [5.74, 6) is 0. The summed E-state index contributed by atoms with van der Waals surface area (Å²) in [5, 5.41) is 0. The van der Waals surface area contributed by atoms with Crippen LogP contribution in [0.3, 0.4) is 0 Å². The topological polar surface area (TPSA) is 36.9 Å². The molecule has 0 bridgehead atoms. The van der Waals surface area contributed by atoms with Gasteiger partial charge in [-0.25, -0.2) is 0 Å². The van der Waals surface area contributed by atoms with E-state index in [1.165, 1.54) is 27.8 Å². The highest BCUT2D eigenvalue weighted by Gasteiger charge is 2.53. The van der Waals surface area contributed by atoms with Crippen molar-refractivity contribution in [2.24, 2.45) is 0 Å². The molecule has 0 N–H and O–H groups in total. The van der Waals surface area contributed by atoms with Crippen LogP contribution in [0.5, 0.6) is 0 Å². The van der Waals surface area contributed by atoms with Crippen molar-refractivity contribution in [3.8, 4) is 0 Å². The summed E-state index contributed by atoms with van der Waals surface area (Å²) in [6, 6.07) is 26.2. The van der Waals surface area contributed by atoms with E-state index < -0.39 is 36.6 Å². The van der Waals surface area contributed by atoms with Crippen molar-refractivity contribution < 1.29 is 18.6 Å². The molecule has 3 aromatic carbocycles. The van der Waals surface area contributed by atoms with Crippen molar-refractivity contribution in [2.45, 2.75) is 97.1 Å². The summed E-state index contributed by atoms with van der Waals surface area (Å²) in [6.45, 7) is 21.4. The van der Waals surface area contributed by atoms with Crippen LogP contribution in [0.2, 0.25) is 0 Å². The molecule has 0 aromatic heterocycles. The number of allylic oxidation sites excluding steroid dienone is 1. The minimum absolute atomic E-state index is 0.208. The second kappa shape index (κ2) is 9.18. The van der Waals surface area contributed by atoms with Crippen LogP contribution in [0.4, 0.5) is 0 Å². The van der Waals surface area contributed by atoms with Crippen LogP contribution in [0.15, 0.2) is 72.8 Å². The molecular formula is C35H42B2O4. The zero-order valence-corrected chi connectivity index (χ0v) is 26.2. The van der Waals surface area contributed by atoms with E-state index in [0.29, 0.717) is 0 Å². The van der Waals surface area contributed by atoms with Crippen molar-refractivity contribution in [1.29, 1.82) is 0 Å². The number of hydrogen-bond donors (Lipinski definition) is 0. The zero-order valence-electron chi connectivity index (χ0n) is 26.2. The molecule has 0 radical (unpaired) electrons. The normalized spacial score (nSPS) is 23.3. The summed E-state index contributed by atoms with van der Waals surface area (Å²) in [5.41, 5.74) is 7.74. The van der Waals surface area contributed by atoms with Gasteiger partial charge in [0.2, 0.25) is 0 Å². The van der Waals surface area contributed by atoms with E-state index in [2.05, 4.69) is 142 Å². The van der Waals surface area contributed by atoms with E-state index in [1.54, 1.807) is 0 Å². The van der Waals surface area contributed by atoms with Crippen LogP contribution in [-0.4, -0.2) is 36.6 Å². The quantitative estimate of drug-likeness (QED) is 0.348. The van der Waals surface area contributed by atoms with Crippen molar-refractivity contribution in [3.63, 3.8) is 0 Å². The molecule has 3 aliphatic rings. The summed E-state index contributed by atoms with van der Waals surface area (Å²) < 4.78 is 25.7. The fraction of sp³-hybridized carbons (Fsp3) is 0.429. The molecule has 4 nitrogen and oxygen atoms in total. The first-order valence-electron chi connectivity index (χ1n) is 14.8. The Morgan fingerprint density at radius 3 is 1.44 bits per heavy atom. The molecule has 212 valence electrons. The van der Waals surface area contributed by atoms with Crippen LogP contribution >= 0.6 is 0 Å². The number of rotatable bonds is 4. The maximum Gasteiger partial charge on any atom is 0.494 e. The fourth-order valence-corrected chi connectivity index (χ4v) is 6.27. The van der Waals surface area contributed by atoms with E-state index in [-0.39, 0.29) is 5.41 Å². The lowest BCUT2D eigenvalue weighted by molar-refractivity contribution is 0.00578. The molecule has 0 atom stereocenters. The van der Waals surface area contributed by atoms with Gasteiger partial charge in [-0.1, -0.05) is 86.6 Å². The van der Waals surface area contributed by atoms with Gasteiger partial charge in [0.15, 0.2) is 0 Å². The second-order valence-corrected chi connectivity index (χ2v) is 14.3. The molecule has 41 heavy (non-hydrogen) atoms. The van der Waals surface area contributed by atoms with Gasteiger partial charge in [0.05, 0.1) is 22.4 Å². The van der Waals surface area contributed by atoms with Crippen LogP contribution in [0.1, 0.15) is 91.5 Å². The molecule has 0 spiro atoms. The molecular weight excluding hydrogens is 506 g/mol. The van der Waals surface area contributed by atoms with E-state index in [0.717, 1.165) is 16.5 Å². The Labute approximate surface area is 246 Å². The minimum atomic E-state index is -0.416. The zero-order chi connectivity index (χ0) is 29.6. The molecule has 0 saturated carbocycles. The highest BCUT2D eigenvalue weighted by Crippen LogP contribution is 2.53. The average molecular weight is 548 g/mol. The molecule has 2 saturated heterocycles. The van der Waals surface area contributed by atoms with Gasteiger partial charge in [-0.2, -0.15) is 0 Å². The fourth-order valence-electron chi connectivity index (χ4n) is 6.27. The molecule has 6 heteroatoms. The standard InChI is InChI=1S/C35H42B2O4/c1-31(2)28-20-12-11-19-27(28)29(23-15-13-17-25(21-23)36-38-32(3,4)33(5,6)39-36)30(31)24-16-14-18-26(22-24)37-40-34(7,8)35(9,10)41-37/h11-22H,1-10H3. The largest absolute Gasteiger partial charge is 0.494 e. The predicted molar refractivity (Wildman–Crippen MR) is 170 cm³/mol. The summed E-state index contributed by atoms with van der Waals surface area (Å²) >= 11 is 0. The first kappa shape index (κ1) is 28.5. The molecule has 2 fully saturated rings. The van der Waals surface area contributed by atoms with Gasteiger partial charge in [0.1, 0.15) is 0 Å². The van der Waals surface area contributed by atoms with Crippen LogP contribution in [0, 0.1) is 0 Å². The van der Waals surface area contributed by atoms with Gasteiger partial charge < -0.3 is 18.6 Å². The van der Waals surface area contributed by atoms with Gasteiger partial charge in [-0.3, -0.25) is 0 Å². The molecule has 2 aliphatic heterocycles. The van der Waals surface area contributed by atoms with E-state index in [4.69, 9.17) is 18.6 Å². The molecule has 0 unspecified atom stereocenters. The van der Waals surface area contributed by atoms with Gasteiger partial charge >= 0.3 is 14.2 Å². The molecule has 0 amide bonds. The van der Waals surface area contributed by atoms with E-state index >= 15 is 0 Å². The van der Waals surface area contributed by atoms with E-state index in [9.17, 15) is 0 Å². The van der Waals surface area contributed by atoms with Gasteiger partial charge in [-0.15, -0.1) is 0 Å². The van der Waals surface area contributed by atoms with Crippen molar-refractivity contribution in [3.05, 3.63) is 95.1 Å². The monoisotopic (exact) mass is 548 g/mol. The van der Waals surface area contributed by atoms with Crippen LogP contribution < -0.4 is 10.9 Å². The lowest BCUT2D eigenvalue weighted by Crippen LogP contribution is -2.41. The third-order valence-corrected chi connectivity index (χ3v) is 10.1. The van der Waals surface area contributed by atoms with Crippen LogP contribution in [-0.2, 0) is 24.0 Å². The summed E-state index contributed by atoms with van der Waals surface area (Å²) in [4.78, 5) is 0. The molecule has 1 aliphatic carbocycles. The maximum absolute atomic E-state index is 6.43. The molecule has 6 rings (SSSR count). The Morgan fingerprint density at radius 2 is 0.927 bits per heavy atom. The average Bonchev–Trinajstić information content (AvgIpc) is 3.37. The smallest absolute Gasteiger partial charge is 0.399 e. The Morgan fingerprint density at radius 1 is 0.488 bits per heavy atom. The maximum atomic E-state index is 6.43. The number of benzene rings is 3. The minimum Gasteiger partial charge on any atom is -0.399 e. The lowest BCUT2D eigenvalue weighted by atomic mass is 9.73. The van der Waals surface area contributed by atoms with Crippen molar-refractivity contribution in [1.82, 2.24) is 0 Å². The highest BCUT2D eigenvalue weighted by atomic mass is 16.7. The number of fused-ring (bicyclic) bond motifs is 1. The Bertz CT molecular complexity index is 1520. The number of hydrogen-bond acceptors (Lipinski definition) is 4. The summed E-state index contributed by atoms with van der Waals surface area (Å²) in [6.07, 6.45) is 0. The van der Waals surface area contributed by atoms with Gasteiger partial charge in [0, 0.05) is 5.41 Å². The second-order valence-electron chi connectivity index (χ2n) is 14.3. The molecule has 2 heterocycles. The SMILES string of the molecule is CC1(C)C(c2cccc(B3OC(C)(C)C(C)(C)O3)c2)=C(c2cccc(B3OC(C)(C)C(C)(C)O3)c2)c2ccccc21. The van der Waals surface area contributed by atoms with Crippen molar-refractivity contribution in [2.75, 3.05) is 0 Å². The van der Waals surface area contributed by atoms with Gasteiger partial charge in [0.25, 0.3) is 0 Å². The third-order valence-electron chi connectivity index (χ3n) is 10.1. The highest BCUT2D eigenvalue weighted by molar-refractivity contribution is 6.62. The Hall–Kier alpha value is -2.63.